The maximum Gasteiger partial charge on any atom is 0.0158 e. The second-order valence-corrected chi connectivity index (χ2v) is 6.83. The van der Waals surface area contributed by atoms with Crippen molar-refractivity contribution in [2.45, 2.75) is 38.0 Å². The fraction of sp³-hybridized carbons (Fsp3) is 0.364. The van der Waals surface area contributed by atoms with Crippen molar-refractivity contribution in [3.63, 3.8) is 0 Å². The van der Waals surface area contributed by atoms with E-state index in [0.29, 0.717) is 11.8 Å². The molecule has 0 bridgehead atoms. The molecule has 0 aliphatic heterocycles. The minimum absolute atomic E-state index is 0.499. The second kappa shape index (κ2) is 6.12. The molecule has 0 radical (unpaired) electrons. The summed E-state index contributed by atoms with van der Waals surface area (Å²) in [7, 11) is 0. The van der Waals surface area contributed by atoms with Gasteiger partial charge >= 0.3 is 0 Å². The highest BCUT2D eigenvalue weighted by atomic mass is 14.4. The molecular formula is C22H24. The van der Waals surface area contributed by atoms with Crippen LogP contribution in [0.1, 0.15) is 43.6 Å². The van der Waals surface area contributed by atoms with Gasteiger partial charge in [0, 0.05) is 11.8 Å². The minimum atomic E-state index is 0.499. The van der Waals surface area contributed by atoms with Crippen LogP contribution >= 0.6 is 0 Å². The highest BCUT2D eigenvalue weighted by molar-refractivity contribution is 5.48. The number of fused-ring (bicyclic) bond motifs is 1. The molecule has 22 heavy (non-hydrogen) atoms. The van der Waals surface area contributed by atoms with Gasteiger partial charge in [0.2, 0.25) is 0 Å². The van der Waals surface area contributed by atoms with Crippen molar-refractivity contribution in [3.05, 3.63) is 83.5 Å². The van der Waals surface area contributed by atoms with Crippen molar-refractivity contribution >= 4 is 0 Å². The van der Waals surface area contributed by atoms with Crippen molar-refractivity contribution < 1.29 is 0 Å². The van der Waals surface area contributed by atoms with Gasteiger partial charge in [-0.25, -0.2) is 0 Å². The maximum absolute atomic E-state index is 2.42. The van der Waals surface area contributed by atoms with E-state index in [4.69, 9.17) is 0 Å². The van der Waals surface area contributed by atoms with Gasteiger partial charge in [-0.3, -0.25) is 0 Å². The molecule has 0 N–H and O–H groups in total. The van der Waals surface area contributed by atoms with E-state index in [-0.39, 0.29) is 0 Å². The third-order valence-electron chi connectivity index (χ3n) is 5.52. The number of allylic oxidation sites excluding steroid dienone is 8. The monoisotopic (exact) mass is 288 g/mol. The van der Waals surface area contributed by atoms with E-state index in [2.05, 4.69) is 66.8 Å². The van der Waals surface area contributed by atoms with E-state index >= 15 is 0 Å². The Balaban J connectivity index is 1.70. The Morgan fingerprint density at radius 3 is 2.45 bits per heavy atom. The SMILES string of the molecule is C1=CC2=CC=C[C@@H](c3ccccc3)C2C(C2CCCCC2)=C1. The lowest BCUT2D eigenvalue weighted by atomic mass is 9.67. The lowest BCUT2D eigenvalue weighted by Gasteiger charge is -2.37. The van der Waals surface area contributed by atoms with Crippen LogP contribution < -0.4 is 0 Å². The summed E-state index contributed by atoms with van der Waals surface area (Å²) in [4.78, 5) is 0. The van der Waals surface area contributed by atoms with Crippen molar-refractivity contribution in [3.8, 4) is 0 Å². The zero-order chi connectivity index (χ0) is 14.8. The summed E-state index contributed by atoms with van der Waals surface area (Å²) in [6.45, 7) is 0. The first-order chi connectivity index (χ1) is 10.9. The Kier molecular flexibility index (Phi) is 3.84. The lowest BCUT2D eigenvalue weighted by Crippen LogP contribution is -2.25. The minimum Gasteiger partial charge on any atom is -0.0761 e. The first kappa shape index (κ1) is 13.8. The number of hydrogen-bond donors (Lipinski definition) is 0. The summed E-state index contributed by atoms with van der Waals surface area (Å²) in [5.74, 6) is 1.85. The standard InChI is InChI=1S/C22H24/c1-3-9-17(10-4-1)20-15-7-13-19-14-8-16-21(22(19)20)18-11-5-2-6-12-18/h1,3-4,7-10,13-16,18,20,22H,2,5-6,11-12H2/t20-,22?/m0/s1. The smallest absolute Gasteiger partial charge is 0.0158 e. The third-order valence-corrected chi connectivity index (χ3v) is 5.52. The van der Waals surface area contributed by atoms with Crippen LogP contribution in [-0.4, -0.2) is 0 Å². The molecule has 1 aromatic carbocycles. The van der Waals surface area contributed by atoms with Gasteiger partial charge < -0.3 is 0 Å². The van der Waals surface area contributed by atoms with E-state index in [1.54, 1.807) is 5.57 Å². The molecule has 1 aromatic rings. The topological polar surface area (TPSA) is 0 Å². The molecule has 0 aromatic heterocycles. The molecule has 4 rings (SSSR count). The third kappa shape index (κ3) is 2.52. The molecule has 0 heteroatoms. The zero-order valence-corrected chi connectivity index (χ0v) is 13.1. The zero-order valence-electron chi connectivity index (χ0n) is 13.1. The van der Waals surface area contributed by atoms with Crippen LogP contribution in [0.4, 0.5) is 0 Å². The average molecular weight is 288 g/mol. The molecule has 0 saturated heterocycles. The summed E-state index contributed by atoms with van der Waals surface area (Å²) < 4.78 is 0. The molecule has 2 atom stereocenters. The molecule has 0 amide bonds. The van der Waals surface area contributed by atoms with Crippen LogP contribution in [0.5, 0.6) is 0 Å². The average Bonchev–Trinajstić information content (AvgIpc) is 2.62. The normalized spacial score (nSPS) is 28.0. The first-order valence-electron chi connectivity index (χ1n) is 8.75. The fourth-order valence-electron chi connectivity index (χ4n) is 4.45. The van der Waals surface area contributed by atoms with E-state index in [1.807, 2.05) is 0 Å². The van der Waals surface area contributed by atoms with Crippen LogP contribution in [0.15, 0.2) is 77.9 Å². The van der Waals surface area contributed by atoms with Gasteiger partial charge in [-0.1, -0.05) is 91.6 Å². The number of rotatable bonds is 2. The second-order valence-electron chi connectivity index (χ2n) is 6.83. The van der Waals surface area contributed by atoms with Crippen LogP contribution in [0.25, 0.3) is 0 Å². The summed E-state index contributed by atoms with van der Waals surface area (Å²) in [6.07, 6.45) is 21.0. The highest BCUT2D eigenvalue weighted by Gasteiger charge is 2.33. The van der Waals surface area contributed by atoms with Crippen molar-refractivity contribution in [2.75, 3.05) is 0 Å². The highest BCUT2D eigenvalue weighted by Crippen LogP contribution is 2.46. The Hall–Kier alpha value is -1.82. The summed E-state index contributed by atoms with van der Waals surface area (Å²) in [6, 6.07) is 11.0. The predicted octanol–water partition coefficient (Wildman–Crippen LogP) is 5.96. The lowest BCUT2D eigenvalue weighted by molar-refractivity contribution is 0.373. The van der Waals surface area contributed by atoms with Gasteiger partial charge in [0.1, 0.15) is 0 Å². The van der Waals surface area contributed by atoms with Crippen molar-refractivity contribution in [2.24, 2.45) is 11.8 Å². The number of hydrogen-bond acceptors (Lipinski definition) is 0. The Morgan fingerprint density at radius 1 is 0.818 bits per heavy atom. The molecule has 112 valence electrons. The van der Waals surface area contributed by atoms with Crippen LogP contribution in [0.2, 0.25) is 0 Å². The van der Waals surface area contributed by atoms with Crippen LogP contribution in [-0.2, 0) is 0 Å². The van der Waals surface area contributed by atoms with E-state index in [0.717, 1.165) is 5.92 Å². The quantitative estimate of drug-likeness (QED) is 0.630. The molecule has 3 aliphatic carbocycles. The summed E-state index contributed by atoms with van der Waals surface area (Å²) >= 11 is 0. The van der Waals surface area contributed by atoms with Crippen LogP contribution in [0.3, 0.4) is 0 Å². The predicted molar refractivity (Wildman–Crippen MR) is 93.7 cm³/mol. The van der Waals surface area contributed by atoms with E-state index < -0.39 is 0 Å². The largest absolute Gasteiger partial charge is 0.0761 e. The van der Waals surface area contributed by atoms with E-state index in [1.165, 1.54) is 43.2 Å². The van der Waals surface area contributed by atoms with Gasteiger partial charge in [0.15, 0.2) is 0 Å². The molecular weight excluding hydrogens is 264 g/mol. The van der Waals surface area contributed by atoms with Gasteiger partial charge in [-0.2, -0.15) is 0 Å². The summed E-state index contributed by atoms with van der Waals surface area (Å²) in [5.41, 5.74) is 4.64. The van der Waals surface area contributed by atoms with Crippen LogP contribution in [0, 0.1) is 11.8 Å². The number of benzene rings is 1. The molecule has 1 unspecified atom stereocenters. The maximum atomic E-state index is 2.42. The van der Waals surface area contributed by atoms with Crippen molar-refractivity contribution in [1.82, 2.24) is 0 Å². The van der Waals surface area contributed by atoms with Gasteiger partial charge in [-0.15, -0.1) is 0 Å². The van der Waals surface area contributed by atoms with Crippen molar-refractivity contribution in [1.29, 1.82) is 0 Å². The van der Waals surface area contributed by atoms with Gasteiger partial charge in [0.05, 0.1) is 0 Å². The summed E-state index contributed by atoms with van der Waals surface area (Å²) in [5, 5.41) is 0. The Morgan fingerprint density at radius 2 is 1.64 bits per heavy atom. The van der Waals surface area contributed by atoms with Gasteiger partial charge in [-0.05, 0) is 29.9 Å². The Labute approximate surface area is 133 Å². The first-order valence-corrected chi connectivity index (χ1v) is 8.75. The molecule has 1 fully saturated rings. The van der Waals surface area contributed by atoms with Gasteiger partial charge in [0.25, 0.3) is 0 Å². The molecule has 1 saturated carbocycles. The van der Waals surface area contributed by atoms with E-state index in [9.17, 15) is 0 Å². The molecule has 0 nitrogen and oxygen atoms in total. The molecule has 3 aliphatic rings. The molecule has 0 heterocycles. The molecule has 0 spiro atoms. The fourth-order valence-corrected chi connectivity index (χ4v) is 4.45. The Bertz CT molecular complexity index is 636.